The number of anilines is 1. The van der Waals surface area contributed by atoms with Crippen molar-refractivity contribution in [2.45, 2.75) is 6.42 Å². The summed E-state index contributed by atoms with van der Waals surface area (Å²) in [7, 11) is 0. The third-order valence-corrected chi connectivity index (χ3v) is 5.86. The minimum Gasteiger partial charge on any atom is -0.381 e. The molecule has 0 aliphatic carbocycles. The Kier molecular flexibility index (Phi) is 6.12. The van der Waals surface area contributed by atoms with Gasteiger partial charge >= 0.3 is 0 Å². The van der Waals surface area contributed by atoms with E-state index in [0.29, 0.717) is 42.8 Å². The van der Waals surface area contributed by atoms with Crippen LogP contribution in [0.15, 0.2) is 12.3 Å². The third kappa shape index (κ3) is 4.54. The number of rotatable bonds is 4. The lowest BCUT2D eigenvalue weighted by Crippen LogP contribution is -2.48. The fraction of sp³-hybridized carbons (Fsp3) is 0.684. The fourth-order valence-corrected chi connectivity index (χ4v) is 4.25. The van der Waals surface area contributed by atoms with Gasteiger partial charge in [-0.25, -0.2) is 4.98 Å². The quantitative estimate of drug-likeness (QED) is 0.768. The zero-order valence-corrected chi connectivity index (χ0v) is 16.4. The Labute approximate surface area is 165 Å². The van der Waals surface area contributed by atoms with E-state index in [9.17, 15) is 4.79 Å². The maximum atomic E-state index is 12.6. The van der Waals surface area contributed by atoms with Crippen molar-refractivity contribution >= 4 is 23.3 Å². The molecule has 0 spiro atoms. The van der Waals surface area contributed by atoms with Gasteiger partial charge in [0.05, 0.1) is 30.4 Å². The van der Waals surface area contributed by atoms with Gasteiger partial charge in [-0.1, -0.05) is 11.6 Å². The van der Waals surface area contributed by atoms with Crippen LogP contribution in [-0.2, 0) is 9.47 Å². The summed E-state index contributed by atoms with van der Waals surface area (Å²) < 4.78 is 10.8. The molecule has 1 aromatic rings. The van der Waals surface area contributed by atoms with Crippen LogP contribution in [0.4, 0.5) is 5.82 Å². The van der Waals surface area contributed by atoms with E-state index in [4.69, 9.17) is 21.1 Å². The van der Waals surface area contributed by atoms with Crippen molar-refractivity contribution in [3.8, 4) is 0 Å². The molecule has 0 N–H and O–H groups in total. The number of pyridine rings is 1. The lowest BCUT2D eigenvalue weighted by Gasteiger charge is -2.36. The normalized spacial score (nSPS) is 24.4. The van der Waals surface area contributed by atoms with Crippen LogP contribution in [0.5, 0.6) is 0 Å². The Balaban J connectivity index is 1.34. The largest absolute Gasteiger partial charge is 0.381 e. The summed E-state index contributed by atoms with van der Waals surface area (Å²) in [6.45, 7) is 9.12. The first kappa shape index (κ1) is 18.9. The molecule has 27 heavy (non-hydrogen) atoms. The van der Waals surface area contributed by atoms with Gasteiger partial charge in [0.25, 0.3) is 5.91 Å². The minimum atomic E-state index is -0.0251. The fourth-order valence-electron chi connectivity index (χ4n) is 3.96. The van der Waals surface area contributed by atoms with Gasteiger partial charge in [0, 0.05) is 58.6 Å². The number of halogens is 1. The highest BCUT2D eigenvalue weighted by molar-refractivity contribution is 6.33. The van der Waals surface area contributed by atoms with Crippen LogP contribution in [0.2, 0.25) is 5.02 Å². The maximum absolute atomic E-state index is 12.6. The van der Waals surface area contributed by atoms with E-state index in [1.165, 1.54) is 6.42 Å². The summed E-state index contributed by atoms with van der Waals surface area (Å²) >= 11 is 6.49. The van der Waals surface area contributed by atoms with Crippen LogP contribution in [0.1, 0.15) is 16.8 Å². The molecule has 1 amide bonds. The Morgan fingerprint density at radius 2 is 1.89 bits per heavy atom. The molecule has 1 unspecified atom stereocenters. The van der Waals surface area contributed by atoms with Gasteiger partial charge in [0.2, 0.25) is 0 Å². The predicted molar refractivity (Wildman–Crippen MR) is 104 cm³/mol. The second kappa shape index (κ2) is 8.73. The highest BCUT2D eigenvalue weighted by Crippen LogP contribution is 2.26. The number of hydrogen-bond acceptors (Lipinski definition) is 6. The highest BCUT2D eigenvalue weighted by atomic mass is 35.5. The lowest BCUT2D eigenvalue weighted by atomic mass is 10.1. The molecule has 148 valence electrons. The van der Waals surface area contributed by atoms with E-state index < -0.39 is 0 Å². The highest BCUT2D eigenvalue weighted by Gasteiger charge is 2.25. The number of nitrogens with zero attached hydrogens (tertiary/aromatic N) is 4. The van der Waals surface area contributed by atoms with Crippen LogP contribution in [-0.4, -0.2) is 92.9 Å². The van der Waals surface area contributed by atoms with Crippen LogP contribution in [0.25, 0.3) is 0 Å². The van der Waals surface area contributed by atoms with Crippen molar-refractivity contribution < 1.29 is 14.3 Å². The summed E-state index contributed by atoms with van der Waals surface area (Å²) in [6, 6.07) is 1.75. The van der Waals surface area contributed by atoms with Crippen LogP contribution in [0.3, 0.4) is 0 Å². The van der Waals surface area contributed by atoms with Crippen molar-refractivity contribution in [3.63, 3.8) is 0 Å². The smallest absolute Gasteiger partial charge is 0.255 e. The SMILES string of the molecule is O=C(c1cnc(N2CCN(CC3CCOC3)CC2)c(Cl)c1)N1CCOCC1. The van der Waals surface area contributed by atoms with Crippen LogP contribution >= 0.6 is 11.6 Å². The Bertz CT molecular complexity index is 654. The minimum absolute atomic E-state index is 0.0251. The summed E-state index contributed by atoms with van der Waals surface area (Å²) in [5, 5.41) is 0.548. The van der Waals surface area contributed by atoms with Gasteiger partial charge in [0.1, 0.15) is 5.82 Å². The Morgan fingerprint density at radius 3 is 2.56 bits per heavy atom. The number of carbonyl (C=O) groups is 1. The van der Waals surface area contributed by atoms with Gasteiger partial charge in [-0.2, -0.15) is 0 Å². The predicted octanol–water partition coefficient (Wildman–Crippen LogP) is 1.37. The topological polar surface area (TPSA) is 58.1 Å². The maximum Gasteiger partial charge on any atom is 0.255 e. The molecule has 4 heterocycles. The first-order valence-corrected chi connectivity index (χ1v) is 10.2. The summed E-state index contributed by atoms with van der Waals surface area (Å²) in [5.41, 5.74) is 0.547. The Hall–Kier alpha value is -1.41. The molecule has 4 rings (SSSR count). The second-order valence-corrected chi connectivity index (χ2v) is 7.86. The molecule has 0 aromatic carbocycles. The molecule has 3 aliphatic heterocycles. The summed E-state index contributed by atoms with van der Waals surface area (Å²) in [5.74, 6) is 1.42. The standard InChI is InChI=1S/C19H27ClN4O3/c20-17-11-16(19(25)24-6-9-26-10-7-24)12-21-18(17)23-4-2-22(3-5-23)13-15-1-8-27-14-15/h11-12,15H,1-10,13-14H2. The van der Waals surface area contributed by atoms with Crippen molar-refractivity contribution in [1.82, 2.24) is 14.8 Å². The number of hydrogen-bond donors (Lipinski definition) is 0. The molecule has 8 heteroatoms. The number of carbonyl (C=O) groups excluding carboxylic acids is 1. The third-order valence-electron chi connectivity index (χ3n) is 5.58. The van der Waals surface area contributed by atoms with Crippen molar-refractivity contribution in [2.24, 2.45) is 5.92 Å². The van der Waals surface area contributed by atoms with Crippen molar-refractivity contribution in [2.75, 3.05) is 77.1 Å². The molecule has 0 bridgehead atoms. The van der Waals surface area contributed by atoms with E-state index >= 15 is 0 Å². The van der Waals surface area contributed by atoms with E-state index in [1.807, 2.05) is 0 Å². The zero-order chi connectivity index (χ0) is 18.6. The molecule has 0 radical (unpaired) electrons. The van der Waals surface area contributed by atoms with Gasteiger partial charge in [-0.05, 0) is 18.4 Å². The molecule has 1 aromatic heterocycles. The first-order valence-electron chi connectivity index (χ1n) is 9.78. The molecule has 7 nitrogen and oxygen atoms in total. The van der Waals surface area contributed by atoms with Crippen LogP contribution in [0, 0.1) is 5.92 Å². The van der Waals surface area contributed by atoms with Gasteiger partial charge in [0.15, 0.2) is 0 Å². The summed E-state index contributed by atoms with van der Waals surface area (Å²) in [4.78, 5) is 23.6. The van der Waals surface area contributed by atoms with Gasteiger partial charge in [-0.15, -0.1) is 0 Å². The lowest BCUT2D eigenvalue weighted by molar-refractivity contribution is 0.0302. The number of aromatic nitrogens is 1. The molecule has 3 aliphatic rings. The van der Waals surface area contributed by atoms with E-state index in [1.54, 1.807) is 17.2 Å². The molecule has 3 fully saturated rings. The number of piperazine rings is 1. The monoisotopic (exact) mass is 394 g/mol. The molecule has 1 atom stereocenters. The van der Waals surface area contributed by atoms with E-state index in [0.717, 1.165) is 51.8 Å². The molecule has 3 saturated heterocycles. The number of morpholine rings is 1. The van der Waals surface area contributed by atoms with Crippen molar-refractivity contribution in [1.29, 1.82) is 0 Å². The average molecular weight is 395 g/mol. The number of ether oxygens (including phenoxy) is 2. The molecular weight excluding hydrogens is 368 g/mol. The van der Waals surface area contributed by atoms with Crippen molar-refractivity contribution in [3.05, 3.63) is 22.8 Å². The van der Waals surface area contributed by atoms with E-state index in [-0.39, 0.29) is 5.91 Å². The van der Waals surface area contributed by atoms with Crippen LogP contribution < -0.4 is 4.90 Å². The zero-order valence-electron chi connectivity index (χ0n) is 15.6. The van der Waals surface area contributed by atoms with E-state index in [2.05, 4.69) is 14.8 Å². The Morgan fingerprint density at radius 1 is 1.11 bits per heavy atom. The second-order valence-electron chi connectivity index (χ2n) is 7.45. The first-order chi connectivity index (χ1) is 13.2. The molecule has 0 saturated carbocycles. The average Bonchev–Trinajstić information content (AvgIpc) is 3.22. The molecular formula is C19H27ClN4O3. The summed E-state index contributed by atoms with van der Waals surface area (Å²) in [6.07, 6.45) is 2.83. The number of amides is 1. The van der Waals surface area contributed by atoms with Gasteiger partial charge in [-0.3, -0.25) is 9.69 Å². The van der Waals surface area contributed by atoms with Gasteiger partial charge < -0.3 is 19.3 Å².